The normalized spacial score (nSPS) is 15.0. The molecule has 3 rings (SSSR count). The van der Waals surface area contributed by atoms with Gasteiger partial charge in [-0.15, -0.1) is 0 Å². The largest absolute Gasteiger partial charge is 0.342 e. The third kappa shape index (κ3) is 5.73. The molecule has 2 amide bonds. The van der Waals surface area contributed by atoms with Crippen molar-refractivity contribution < 1.29 is 9.59 Å². The fraction of sp³-hybridized carbons (Fsp3) is 0.542. The number of benzene rings is 1. The summed E-state index contributed by atoms with van der Waals surface area (Å²) >= 11 is 0. The van der Waals surface area contributed by atoms with Crippen LogP contribution >= 0.6 is 0 Å². The zero-order valence-electron chi connectivity index (χ0n) is 19.1. The third-order valence-corrected chi connectivity index (χ3v) is 6.04. The minimum Gasteiger partial charge on any atom is -0.342 e. The van der Waals surface area contributed by atoms with Crippen molar-refractivity contribution in [1.82, 2.24) is 24.5 Å². The zero-order valence-corrected chi connectivity index (χ0v) is 19.1. The second-order valence-electron chi connectivity index (χ2n) is 7.99. The van der Waals surface area contributed by atoms with Crippen molar-refractivity contribution in [2.24, 2.45) is 0 Å². The molecular weight excluding hydrogens is 390 g/mol. The van der Waals surface area contributed by atoms with Gasteiger partial charge < -0.3 is 9.80 Å². The molecule has 1 aliphatic heterocycles. The first-order valence-corrected chi connectivity index (χ1v) is 11.4. The van der Waals surface area contributed by atoms with Gasteiger partial charge in [0, 0.05) is 39.3 Å². The SMILES string of the molecule is CCc1c(C(=O)N2CCCN(CC(=O)N(CC)CC)CC2)cnn1Cc1ccccc1. The van der Waals surface area contributed by atoms with Gasteiger partial charge in [0.25, 0.3) is 5.91 Å². The monoisotopic (exact) mass is 425 g/mol. The number of hydrogen-bond acceptors (Lipinski definition) is 4. The number of nitrogens with zero attached hydrogens (tertiary/aromatic N) is 5. The highest BCUT2D eigenvalue weighted by atomic mass is 16.2. The van der Waals surface area contributed by atoms with Gasteiger partial charge in [0.05, 0.1) is 30.5 Å². The fourth-order valence-electron chi connectivity index (χ4n) is 4.22. The lowest BCUT2D eigenvalue weighted by Gasteiger charge is -2.25. The topological polar surface area (TPSA) is 61.7 Å². The van der Waals surface area contributed by atoms with Crippen molar-refractivity contribution in [2.75, 3.05) is 45.8 Å². The maximum Gasteiger partial charge on any atom is 0.257 e. The van der Waals surface area contributed by atoms with Gasteiger partial charge >= 0.3 is 0 Å². The molecule has 0 N–H and O–H groups in total. The lowest BCUT2D eigenvalue weighted by Crippen LogP contribution is -2.42. The second kappa shape index (κ2) is 11.1. The Kier molecular flexibility index (Phi) is 8.23. The molecule has 1 aromatic heterocycles. The van der Waals surface area contributed by atoms with E-state index in [1.54, 1.807) is 6.20 Å². The van der Waals surface area contributed by atoms with E-state index in [9.17, 15) is 9.59 Å². The summed E-state index contributed by atoms with van der Waals surface area (Å²) in [7, 11) is 0. The van der Waals surface area contributed by atoms with Gasteiger partial charge in [0.15, 0.2) is 0 Å². The number of hydrogen-bond donors (Lipinski definition) is 0. The molecule has 0 saturated carbocycles. The fourth-order valence-corrected chi connectivity index (χ4v) is 4.22. The summed E-state index contributed by atoms with van der Waals surface area (Å²) in [4.78, 5) is 31.7. The van der Waals surface area contributed by atoms with Gasteiger partial charge in [-0.05, 0) is 32.3 Å². The Morgan fingerprint density at radius 1 is 1.00 bits per heavy atom. The number of likely N-dealkylation sites (N-methyl/N-ethyl adjacent to an activating group) is 1. The van der Waals surface area contributed by atoms with Gasteiger partial charge in [-0.2, -0.15) is 5.10 Å². The summed E-state index contributed by atoms with van der Waals surface area (Å²) in [6.45, 7) is 11.6. The van der Waals surface area contributed by atoms with Crippen LogP contribution in [0, 0.1) is 0 Å². The van der Waals surface area contributed by atoms with Crippen LogP contribution in [-0.2, 0) is 17.8 Å². The molecule has 2 heterocycles. The van der Waals surface area contributed by atoms with E-state index in [1.807, 2.05) is 46.5 Å². The van der Waals surface area contributed by atoms with Crippen molar-refractivity contribution in [3.63, 3.8) is 0 Å². The lowest BCUT2D eigenvalue weighted by atomic mass is 10.1. The van der Waals surface area contributed by atoms with Crippen LogP contribution in [0.2, 0.25) is 0 Å². The first kappa shape index (κ1) is 23.0. The maximum absolute atomic E-state index is 13.3. The molecule has 0 aliphatic carbocycles. The van der Waals surface area contributed by atoms with Crippen LogP contribution in [0.15, 0.2) is 36.5 Å². The number of aromatic nitrogens is 2. The summed E-state index contributed by atoms with van der Waals surface area (Å²) in [5.41, 5.74) is 2.85. The molecule has 2 aromatic rings. The predicted molar refractivity (Wildman–Crippen MR) is 122 cm³/mol. The molecule has 168 valence electrons. The van der Waals surface area contributed by atoms with Gasteiger partial charge in [-0.1, -0.05) is 37.3 Å². The summed E-state index contributed by atoms with van der Waals surface area (Å²) < 4.78 is 1.94. The number of rotatable bonds is 8. The van der Waals surface area contributed by atoms with E-state index in [1.165, 1.54) is 5.56 Å². The van der Waals surface area contributed by atoms with E-state index in [4.69, 9.17) is 0 Å². The number of carbonyl (C=O) groups is 2. The van der Waals surface area contributed by atoms with Crippen molar-refractivity contribution in [2.45, 2.75) is 40.2 Å². The molecule has 0 spiro atoms. The van der Waals surface area contributed by atoms with Crippen molar-refractivity contribution in [1.29, 1.82) is 0 Å². The van der Waals surface area contributed by atoms with Crippen LogP contribution in [0.25, 0.3) is 0 Å². The minimum atomic E-state index is 0.0491. The summed E-state index contributed by atoms with van der Waals surface area (Å²) in [5.74, 6) is 0.216. The molecule has 7 nitrogen and oxygen atoms in total. The van der Waals surface area contributed by atoms with E-state index in [0.29, 0.717) is 31.7 Å². The third-order valence-electron chi connectivity index (χ3n) is 6.04. The number of amides is 2. The molecule has 1 fully saturated rings. The smallest absolute Gasteiger partial charge is 0.257 e. The van der Waals surface area contributed by atoms with Crippen LogP contribution < -0.4 is 0 Å². The zero-order chi connectivity index (χ0) is 22.2. The summed E-state index contributed by atoms with van der Waals surface area (Å²) in [6, 6.07) is 10.2. The second-order valence-corrected chi connectivity index (χ2v) is 7.99. The van der Waals surface area contributed by atoms with Crippen molar-refractivity contribution in [3.8, 4) is 0 Å². The Hall–Kier alpha value is -2.67. The van der Waals surface area contributed by atoms with E-state index < -0.39 is 0 Å². The molecule has 7 heteroatoms. The lowest BCUT2D eigenvalue weighted by molar-refractivity contribution is -0.132. The average molecular weight is 426 g/mol. The molecule has 1 aromatic carbocycles. The molecular formula is C24H35N5O2. The predicted octanol–water partition coefficient (Wildman–Crippen LogP) is 2.51. The van der Waals surface area contributed by atoms with Gasteiger partial charge in [-0.25, -0.2) is 0 Å². The van der Waals surface area contributed by atoms with Crippen molar-refractivity contribution >= 4 is 11.8 Å². The molecule has 1 aliphatic rings. The highest BCUT2D eigenvalue weighted by molar-refractivity contribution is 5.95. The Morgan fingerprint density at radius 3 is 2.42 bits per heavy atom. The Morgan fingerprint density at radius 2 is 1.74 bits per heavy atom. The van der Waals surface area contributed by atoms with E-state index >= 15 is 0 Å². The molecule has 0 bridgehead atoms. The van der Waals surface area contributed by atoms with E-state index in [0.717, 1.165) is 44.7 Å². The molecule has 31 heavy (non-hydrogen) atoms. The van der Waals surface area contributed by atoms with Gasteiger partial charge in [-0.3, -0.25) is 19.2 Å². The number of carbonyl (C=O) groups excluding carboxylic acids is 2. The molecule has 0 atom stereocenters. The van der Waals surface area contributed by atoms with Gasteiger partial charge in [0.2, 0.25) is 5.91 Å². The molecule has 0 radical (unpaired) electrons. The van der Waals surface area contributed by atoms with E-state index in [2.05, 4.69) is 29.1 Å². The Bertz CT molecular complexity index is 860. The molecule has 1 saturated heterocycles. The minimum absolute atomic E-state index is 0.0491. The van der Waals surface area contributed by atoms with Crippen LogP contribution in [0.3, 0.4) is 0 Å². The average Bonchev–Trinajstić information content (AvgIpc) is 3.04. The summed E-state index contributed by atoms with van der Waals surface area (Å²) in [6.07, 6.45) is 3.35. The quantitative estimate of drug-likeness (QED) is 0.652. The van der Waals surface area contributed by atoms with Crippen LogP contribution in [-0.4, -0.2) is 82.1 Å². The van der Waals surface area contributed by atoms with Crippen LogP contribution in [0.5, 0.6) is 0 Å². The Labute approximate surface area is 185 Å². The Balaban J connectivity index is 1.64. The first-order valence-electron chi connectivity index (χ1n) is 11.4. The summed E-state index contributed by atoms with van der Waals surface area (Å²) in [5, 5.41) is 4.52. The highest BCUT2D eigenvalue weighted by Gasteiger charge is 2.25. The molecule has 0 unspecified atom stereocenters. The highest BCUT2D eigenvalue weighted by Crippen LogP contribution is 2.16. The van der Waals surface area contributed by atoms with E-state index in [-0.39, 0.29) is 11.8 Å². The first-order chi connectivity index (χ1) is 15.1. The van der Waals surface area contributed by atoms with Crippen LogP contribution in [0.4, 0.5) is 0 Å². The van der Waals surface area contributed by atoms with Crippen molar-refractivity contribution in [3.05, 3.63) is 53.3 Å². The van der Waals surface area contributed by atoms with Crippen LogP contribution in [0.1, 0.15) is 48.8 Å². The van der Waals surface area contributed by atoms with Gasteiger partial charge in [0.1, 0.15) is 0 Å². The maximum atomic E-state index is 13.3. The standard InChI is InChI=1S/C24H35N5O2/c1-4-22-21(17-25-29(22)18-20-11-8-7-9-12-20)24(31)28-14-10-13-26(15-16-28)19-23(30)27(5-2)6-3/h7-9,11-12,17H,4-6,10,13-16,18-19H2,1-3H3.